The van der Waals surface area contributed by atoms with E-state index in [1.54, 1.807) is 17.8 Å². The minimum Gasteiger partial charge on any atom is -0.369 e. The van der Waals surface area contributed by atoms with Crippen molar-refractivity contribution in [2.45, 2.75) is 17.4 Å². The van der Waals surface area contributed by atoms with Crippen LogP contribution in [0.1, 0.15) is 6.42 Å². The Morgan fingerprint density at radius 2 is 2.47 bits per heavy atom. The Morgan fingerprint density at radius 3 is 3.20 bits per heavy atom. The Bertz CT molecular complexity index is 414. The van der Waals surface area contributed by atoms with Crippen molar-refractivity contribution in [2.24, 2.45) is 0 Å². The van der Waals surface area contributed by atoms with Crippen molar-refractivity contribution in [3.8, 4) is 6.07 Å². The summed E-state index contributed by atoms with van der Waals surface area (Å²) in [4.78, 5) is 3.09. The van der Waals surface area contributed by atoms with E-state index in [0.29, 0.717) is 6.42 Å². The van der Waals surface area contributed by atoms with E-state index >= 15 is 0 Å². The van der Waals surface area contributed by atoms with Crippen molar-refractivity contribution in [3.05, 3.63) is 24.0 Å². The predicted octanol–water partition coefficient (Wildman–Crippen LogP) is 2.65. The summed E-state index contributed by atoms with van der Waals surface area (Å²) in [5.74, 6) is 0.668. The van der Waals surface area contributed by atoms with Crippen LogP contribution in [0, 0.1) is 17.1 Å². The average Bonchev–Trinajstić information content (AvgIpc) is 2.23. The van der Waals surface area contributed by atoms with Crippen LogP contribution in [0.5, 0.6) is 0 Å². The molecule has 1 aliphatic heterocycles. The van der Waals surface area contributed by atoms with Crippen molar-refractivity contribution >= 4 is 17.4 Å². The molecular formula is C11H11FN2S. The van der Waals surface area contributed by atoms with Crippen LogP contribution in [0.4, 0.5) is 10.1 Å². The van der Waals surface area contributed by atoms with Gasteiger partial charge >= 0.3 is 0 Å². The lowest BCUT2D eigenvalue weighted by molar-refractivity contribution is 0.621. The van der Waals surface area contributed by atoms with E-state index in [4.69, 9.17) is 5.26 Å². The minimum absolute atomic E-state index is 0.189. The number of rotatable bonds is 1. The molecule has 1 unspecified atom stereocenters. The highest BCUT2D eigenvalue weighted by atomic mass is 32.2. The van der Waals surface area contributed by atoms with E-state index in [1.807, 2.05) is 11.9 Å². The van der Waals surface area contributed by atoms with Crippen LogP contribution in [0.25, 0.3) is 0 Å². The summed E-state index contributed by atoms with van der Waals surface area (Å²) < 4.78 is 13.1. The molecule has 2 nitrogen and oxygen atoms in total. The Morgan fingerprint density at radius 1 is 1.67 bits per heavy atom. The zero-order valence-electron chi connectivity index (χ0n) is 8.40. The molecule has 0 radical (unpaired) electrons. The molecule has 0 amide bonds. The summed E-state index contributed by atoms with van der Waals surface area (Å²) in [6.07, 6.45) is 0.486. The lowest BCUT2D eigenvalue weighted by atomic mass is 10.2. The highest BCUT2D eigenvalue weighted by Gasteiger charge is 2.23. The first-order valence-corrected chi connectivity index (χ1v) is 5.73. The van der Waals surface area contributed by atoms with Gasteiger partial charge in [-0.2, -0.15) is 5.26 Å². The third-order valence-electron chi connectivity index (χ3n) is 2.61. The second kappa shape index (κ2) is 4.11. The fourth-order valence-corrected chi connectivity index (χ4v) is 2.91. The molecule has 0 fully saturated rings. The molecule has 1 aliphatic rings. The maximum absolute atomic E-state index is 13.1. The third kappa shape index (κ3) is 1.93. The molecule has 0 saturated carbocycles. The number of benzene rings is 1. The molecule has 0 aromatic heterocycles. The Hall–Kier alpha value is -1.21. The van der Waals surface area contributed by atoms with E-state index in [2.05, 4.69) is 6.07 Å². The molecule has 0 saturated heterocycles. The van der Waals surface area contributed by atoms with Crippen LogP contribution in [-0.4, -0.2) is 18.8 Å². The zero-order chi connectivity index (χ0) is 10.8. The van der Waals surface area contributed by atoms with Crippen molar-refractivity contribution < 1.29 is 4.39 Å². The van der Waals surface area contributed by atoms with Gasteiger partial charge in [0.25, 0.3) is 0 Å². The summed E-state index contributed by atoms with van der Waals surface area (Å²) in [6, 6.07) is 7.16. The molecule has 1 heterocycles. The van der Waals surface area contributed by atoms with E-state index in [0.717, 1.165) is 16.3 Å². The number of nitriles is 1. The second-order valence-electron chi connectivity index (χ2n) is 3.55. The standard InChI is InChI=1S/C11H11FN2S/c1-14-9(4-5-13)7-15-11-3-2-8(12)6-10(11)14/h2-3,6,9H,4,7H2,1H3. The minimum atomic E-state index is -0.223. The van der Waals surface area contributed by atoms with Gasteiger partial charge in [-0.05, 0) is 18.2 Å². The summed E-state index contributed by atoms with van der Waals surface area (Å²) in [5, 5.41) is 8.68. The first kappa shape index (κ1) is 10.3. The maximum atomic E-state index is 13.1. The van der Waals surface area contributed by atoms with Gasteiger partial charge in [0.2, 0.25) is 0 Å². The molecule has 0 N–H and O–H groups in total. The molecule has 1 atom stereocenters. The first-order chi connectivity index (χ1) is 7.22. The van der Waals surface area contributed by atoms with Crippen LogP contribution in [0.15, 0.2) is 23.1 Å². The number of thioether (sulfide) groups is 1. The molecule has 4 heteroatoms. The number of fused-ring (bicyclic) bond motifs is 1. The van der Waals surface area contributed by atoms with Crippen molar-refractivity contribution in [3.63, 3.8) is 0 Å². The van der Waals surface area contributed by atoms with E-state index < -0.39 is 0 Å². The number of hydrogen-bond acceptors (Lipinski definition) is 3. The average molecular weight is 222 g/mol. The van der Waals surface area contributed by atoms with Gasteiger partial charge in [-0.15, -0.1) is 11.8 Å². The van der Waals surface area contributed by atoms with Crippen molar-refractivity contribution in [1.29, 1.82) is 5.26 Å². The van der Waals surface area contributed by atoms with Crippen LogP contribution in [0.3, 0.4) is 0 Å². The Kier molecular flexibility index (Phi) is 2.83. The molecule has 1 aromatic carbocycles. The summed E-state index contributed by atoms with van der Waals surface area (Å²) in [6.45, 7) is 0. The topological polar surface area (TPSA) is 27.0 Å². The second-order valence-corrected chi connectivity index (χ2v) is 4.61. The number of nitrogens with zero attached hydrogens (tertiary/aromatic N) is 2. The molecule has 0 bridgehead atoms. The highest BCUT2D eigenvalue weighted by Crippen LogP contribution is 2.37. The summed E-state index contributed by atoms with van der Waals surface area (Å²) >= 11 is 1.69. The lowest BCUT2D eigenvalue weighted by Gasteiger charge is -2.34. The molecule has 1 aromatic rings. The SMILES string of the molecule is CN1c2cc(F)ccc2SCC1CC#N. The van der Waals surface area contributed by atoms with E-state index in [-0.39, 0.29) is 11.9 Å². The Balaban J connectivity index is 2.32. The Labute approximate surface area is 92.7 Å². The van der Waals surface area contributed by atoms with Gasteiger partial charge in [0.05, 0.1) is 24.2 Å². The van der Waals surface area contributed by atoms with E-state index in [1.165, 1.54) is 12.1 Å². The van der Waals surface area contributed by atoms with Gasteiger partial charge in [-0.25, -0.2) is 4.39 Å². The highest BCUT2D eigenvalue weighted by molar-refractivity contribution is 7.99. The molecular weight excluding hydrogens is 211 g/mol. The molecule has 15 heavy (non-hydrogen) atoms. The molecule has 78 valence electrons. The molecule has 2 rings (SSSR count). The van der Waals surface area contributed by atoms with Gasteiger partial charge in [0.1, 0.15) is 5.82 Å². The van der Waals surface area contributed by atoms with Gasteiger partial charge in [-0.3, -0.25) is 0 Å². The summed E-state index contributed by atoms with van der Waals surface area (Å²) in [5.41, 5.74) is 0.895. The number of anilines is 1. The number of hydrogen-bond donors (Lipinski definition) is 0. The largest absolute Gasteiger partial charge is 0.369 e. The normalized spacial score (nSPS) is 19.5. The quantitative estimate of drug-likeness (QED) is 0.731. The van der Waals surface area contributed by atoms with E-state index in [9.17, 15) is 4.39 Å². The fourth-order valence-electron chi connectivity index (χ4n) is 1.68. The smallest absolute Gasteiger partial charge is 0.125 e. The van der Waals surface area contributed by atoms with Gasteiger partial charge < -0.3 is 4.90 Å². The van der Waals surface area contributed by atoms with Gasteiger partial charge in [-0.1, -0.05) is 0 Å². The summed E-state index contributed by atoms with van der Waals surface area (Å²) in [7, 11) is 1.92. The maximum Gasteiger partial charge on any atom is 0.125 e. The van der Waals surface area contributed by atoms with Crippen LogP contribution >= 0.6 is 11.8 Å². The fraction of sp³-hybridized carbons (Fsp3) is 0.364. The first-order valence-electron chi connectivity index (χ1n) is 4.74. The zero-order valence-corrected chi connectivity index (χ0v) is 9.22. The number of halogens is 1. The molecule has 0 spiro atoms. The molecule has 0 aliphatic carbocycles. The van der Waals surface area contributed by atoms with Crippen LogP contribution in [0.2, 0.25) is 0 Å². The lowest BCUT2D eigenvalue weighted by Crippen LogP contribution is -2.36. The monoisotopic (exact) mass is 222 g/mol. The van der Waals surface area contributed by atoms with Gasteiger partial charge in [0.15, 0.2) is 0 Å². The van der Waals surface area contributed by atoms with Crippen molar-refractivity contribution in [1.82, 2.24) is 0 Å². The van der Waals surface area contributed by atoms with Crippen molar-refractivity contribution in [2.75, 3.05) is 17.7 Å². The van der Waals surface area contributed by atoms with Crippen LogP contribution in [-0.2, 0) is 0 Å². The van der Waals surface area contributed by atoms with Gasteiger partial charge in [0, 0.05) is 17.7 Å². The third-order valence-corrected chi connectivity index (χ3v) is 3.81. The predicted molar refractivity (Wildman–Crippen MR) is 59.5 cm³/mol. The van der Waals surface area contributed by atoms with Crippen LogP contribution < -0.4 is 4.90 Å².